The van der Waals surface area contributed by atoms with Gasteiger partial charge in [-0.1, -0.05) is 48.5 Å². The predicted octanol–water partition coefficient (Wildman–Crippen LogP) is 5.40. The Hall–Kier alpha value is -2.72. The summed E-state index contributed by atoms with van der Waals surface area (Å²) in [4.78, 5) is 17.1. The van der Waals surface area contributed by atoms with E-state index in [0.717, 1.165) is 31.8 Å². The van der Waals surface area contributed by atoms with E-state index in [1.165, 1.54) is 0 Å². The molecule has 4 heteroatoms. The van der Waals surface area contributed by atoms with E-state index in [2.05, 4.69) is 32.3 Å². The summed E-state index contributed by atoms with van der Waals surface area (Å²) < 4.78 is 0.770. The lowest BCUT2D eigenvalue weighted by molar-refractivity contribution is 0.102. The van der Waals surface area contributed by atoms with Crippen molar-refractivity contribution in [2.45, 2.75) is 0 Å². The molecule has 0 unspecified atom stereocenters. The minimum atomic E-state index is -0.150. The zero-order valence-electron chi connectivity index (χ0n) is 12.7. The Morgan fingerprint density at radius 2 is 1.67 bits per heavy atom. The molecule has 0 atom stereocenters. The highest BCUT2D eigenvalue weighted by Gasteiger charge is 2.12. The highest BCUT2D eigenvalue weighted by Crippen LogP contribution is 2.29. The van der Waals surface area contributed by atoms with Crippen LogP contribution >= 0.6 is 15.9 Å². The van der Waals surface area contributed by atoms with Crippen LogP contribution in [0.3, 0.4) is 0 Å². The van der Waals surface area contributed by atoms with Gasteiger partial charge in [-0.2, -0.15) is 0 Å². The van der Waals surface area contributed by atoms with Crippen molar-refractivity contribution in [3.05, 3.63) is 83.0 Å². The van der Waals surface area contributed by atoms with Crippen LogP contribution in [0.5, 0.6) is 0 Å². The Kier molecular flexibility index (Phi) is 3.75. The first-order valence-corrected chi connectivity index (χ1v) is 8.36. The van der Waals surface area contributed by atoms with Crippen LogP contribution in [0.1, 0.15) is 10.4 Å². The maximum atomic E-state index is 12.6. The lowest BCUT2D eigenvalue weighted by atomic mass is 10.1. The van der Waals surface area contributed by atoms with Crippen molar-refractivity contribution in [1.82, 2.24) is 4.98 Å². The van der Waals surface area contributed by atoms with Crippen LogP contribution in [0.25, 0.3) is 21.7 Å². The number of nitrogens with zero attached hydrogens (tertiary/aromatic N) is 1. The van der Waals surface area contributed by atoms with Gasteiger partial charge in [0.2, 0.25) is 0 Å². The van der Waals surface area contributed by atoms with Crippen molar-refractivity contribution < 1.29 is 4.79 Å². The van der Waals surface area contributed by atoms with Gasteiger partial charge in [0.25, 0.3) is 5.91 Å². The summed E-state index contributed by atoms with van der Waals surface area (Å²) in [6.07, 6.45) is 1.73. The topological polar surface area (TPSA) is 42.0 Å². The first-order chi connectivity index (χ1) is 11.7. The zero-order valence-corrected chi connectivity index (χ0v) is 14.2. The van der Waals surface area contributed by atoms with Gasteiger partial charge >= 0.3 is 0 Å². The van der Waals surface area contributed by atoms with Crippen LogP contribution < -0.4 is 5.32 Å². The second-order valence-electron chi connectivity index (χ2n) is 5.48. The van der Waals surface area contributed by atoms with E-state index < -0.39 is 0 Å². The Morgan fingerprint density at radius 3 is 2.54 bits per heavy atom. The molecule has 0 saturated heterocycles. The molecule has 0 bridgehead atoms. The zero-order chi connectivity index (χ0) is 16.5. The number of rotatable bonds is 2. The fourth-order valence-electron chi connectivity index (χ4n) is 2.83. The van der Waals surface area contributed by atoms with Crippen LogP contribution in [0.15, 0.2) is 77.4 Å². The minimum absolute atomic E-state index is 0.150. The summed E-state index contributed by atoms with van der Waals surface area (Å²) in [6.45, 7) is 0. The van der Waals surface area contributed by atoms with Gasteiger partial charge < -0.3 is 5.32 Å². The number of fused-ring (bicyclic) bond motifs is 3. The number of pyridine rings is 1. The third-order valence-corrected chi connectivity index (χ3v) is 4.69. The second-order valence-corrected chi connectivity index (χ2v) is 6.33. The molecule has 0 aliphatic rings. The lowest BCUT2D eigenvalue weighted by Gasteiger charge is -2.11. The van der Waals surface area contributed by atoms with Crippen molar-refractivity contribution in [3.63, 3.8) is 0 Å². The van der Waals surface area contributed by atoms with Gasteiger partial charge in [0, 0.05) is 21.4 Å². The molecule has 0 spiro atoms. The lowest BCUT2D eigenvalue weighted by Crippen LogP contribution is -2.12. The number of carbonyl (C=O) groups excluding carboxylic acids is 1. The van der Waals surface area contributed by atoms with E-state index in [1.807, 2.05) is 54.6 Å². The number of halogens is 1. The molecule has 0 aliphatic heterocycles. The number of hydrogen-bond donors (Lipinski definition) is 1. The fourth-order valence-corrected chi connectivity index (χ4v) is 3.30. The van der Waals surface area contributed by atoms with Crippen LogP contribution in [-0.4, -0.2) is 10.9 Å². The maximum Gasteiger partial charge on any atom is 0.256 e. The van der Waals surface area contributed by atoms with Crippen LogP contribution in [0.2, 0.25) is 0 Å². The number of aromatic nitrogens is 1. The molecule has 1 N–H and O–H groups in total. The summed E-state index contributed by atoms with van der Waals surface area (Å²) in [6, 6.07) is 21.4. The standard InChI is InChI=1S/C20H13BrN2O/c21-17-8-4-3-7-15(17)20(24)23-18-11-12-22-19-14-6-2-1-5-13(14)9-10-16(18)19/h1-12H,(H,22,23,24). The molecule has 116 valence electrons. The predicted molar refractivity (Wildman–Crippen MR) is 101 cm³/mol. The molecule has 1 amide bonds. The van der Waals surface area contributed by atoms with E-state index in [0.29, 0.717) is 5.56 Å². The van der Waals surface area contributed by atoms with E-state index in [4.69, 9.17) is 0 Å². The van der Waals surface area contributed by atoms with Gasteiger partial charge in [0.05, 0.1) is 16.8 Å². The number of anilines is 1. The molecule has 4 aromatic rings. The SMILES string of the molecule is O=C(Nc1ccnc2c1ccc1ccccc12)c1ccccc1Br. The first kappa shape index (κ1) is 14.8. The van der Waals surface area contributed by atoms with Gasteiger partial charge in [-0.15, -0.1) is 0 Å². The molecule has 0 saturated carbocycles. The van der Waals surface area contributed by atoms with Gasteiger partial charge in [-0.3, -0.25) is 9.78 Å². The Labute approximate surface area is 147 Å². The van der Waals surface area contributed by atoms with Gasteiger partial charge in [-0.25, -0.2) is 0 Å². The van der Waals surface area contributed by atoms with Crippen LogP contribution in [0.4, 0.5) is 5.69 Å². The van der Waals surface area contributed by atoms with Gasteiger partial charge in [-0.05, 0) is 39.5 Å². The minimum Gasteiger partial charge on any atom is -0.321 e. The van der Waals surface area contributed by atoms with Crippen LogP contribution in [-0.2, 0) is 0 Å². The largest absolute Gasteiger partial charge is 0.321 e. The molecule has 3 aromatic carbocycles. The van der Waals surface area contributed by atoms with Crippen molar-refractivity contribution >= 4 is 49.2 Å². The second kappa shape index (κ2) is 6.06. The molecular formula is C20H13BrN2O. The van der Waals surface area contributed by atoms with E-state index in [1.54, 1.807) is 12.3 Å². The normalized spacial score (nSPS) is 10.9. The average molecular weight is 377 g/mol. The molecule has 24 heavy (non-hydrogen) atoms. The molecular weight excluding hydrogens is 364 g/mol. The molecule has 3 nitrogen and oxygen atoms in total. The summed E-state index contributed by atoms with van der Waals surface area (Å²) in [5.74, 6) is -0.150. The van der Waals surface area contributed by atoms with E-state index in [-0.39, 0.29) is 5.91 Å². The number of benzene rings is 3. The van der Waals surface area contributed by atoms with Crippen molar-refractivity contribution in [3.8, 4) is 0 Å². The molecule has 1 aromatic heterocycles. The third-order valence-electron chi connectivity index (χ3n) is 4.00. The molecule has 1 heterocycles. The average Bonchev–Trinajstić information content (AvgIpc) is 2.62. The summed E-state index contributed by atoms with van der Waals surface area (Å²) in [5, 5.41) is 6.13. The molecule has 0 aliphatic carbocycles. The summed E-state index contributed by atoms with van der Waals surface area (Å²) >= 11 is 3.42. The van der Waals surface area contributed by atoms with Gasteiger partial charge in [0.1, 0.15) is 0 Å². The Balaban J connectivity index is 1.81. The van der Waals surface area contributed by atoms with Gasteiger partial charge in [0.15, 0.2) is 0 Å². The highest BCUT2D eigenvalue weighted by molar-refractivity contribution is 9.10. The molecule has 0 radical (unpaired) electrons. The van der Waals surface area contributed by atoms with E-state index in [9.17, 15) is 4.79 Å². The number of hydrogen-bond acceptors (Lipinski definition) is 2. The van der Waals surface area contributed by atoms with Crippen molar-refractivity contribution in [1.29, 1.82) is 0 Å². The molecule has 0 fully saturated rings. The third kappa shape index (κ3) is 2.55. The molecule has 4 rings (SSSR count). The van der Waals surface area contributed by atoms with Crippen molar-refractivity contribution in [2.75, 3.05) is 5.32 Å². The maximum absolute atomic E-state index is 12.6. The Bertz CT molecular complexity index is 1080. The summed E-state index contributed by atoms with van der Waals surface area (Å²) in [7, 11) is 0. The van der Waals surface area contributed by atoms with Crippen LogP contribution in [0, 0.1) is 0 Å². The fraction of sp³-hybridized carbons (Fsp3) is 0. The quantitative estimate of drug-likeness (QED) is 0.475. The first-order valence-electron chi connectivity index (χ1n) is 7.56. The highest BCUT2D eigenvalue weighted by atomic mass is 79.9. The monoisotopic (exact) mass is 376 g/mol. The Morgan fingerprint density at radius 1 is 0.875 bits per heavy atom. The number of amides is 1. The van der Waals surface area contributed by atoms with E-state index >= 15 is 0 Å². The smallest absolute Gasteiger partial charge is 0.256 e. The number of carbonyl (C=O) groups is 1. The van der Waals surface area contributed by atoms with Crippen molar-refractivity contribution in [2.24, 2.45) is 0 Å². The number of nitrogens with one attached hydrogen (secondary N) is 1. The summed E-state index contributed by atoms with van der Waals surface area (Å²) in [5.41, 5.74) is 2.24.